The first-order valence-corrected chi connectivity index (χ1v) is 7.49. The molecular weight excluding hydrogens is 306 g/mol. The third kappa shape index (κ3) is 4.23. The molecule has 0 spiro atoms. The van der Waals surface area contributed by atoms with Crippen molar-refractivity contribution in [3.05, 3.63) is 28.7 Å². The van der Waals surface area contributed by atoms with Gasteiger partial charge in [0.15, 0.2) is 0 Å². The molecule has 0 bridgehead atoms. The molecule has 0 fully saturated rings. The van der Waals surface area contributed by atoms with Gasteiger partial charge in [0.1, 0.15) is 5.54 Å². The summed E-state index contributed by atoms with van der Waals surface area (Å²) in [5.41, 5.74) is 0.306. The minimum Gasteiger partial charge on any atom is -0.467 e. The van der Waals surface area contributed by atoms with Crippen molar-refractivity contribution in [1.82, 2.24) is 0 Å². The number of benzene rings is 1. The molecular formula is C15H22BrNO2. The summed E-state index contributed by atoms with van der Waals surface area (Å²) in [7, 11) is 1.45. The predicted octanol–water partition coefficient (Wildman–Crippen LogP) is 4.37. The van der Waals surface area contributed by atoms with Crippen LogP contribution in [0.3, 0.4) is 0 Å². The summed E-state index contributed by atoms with van der Waals surface area (Å²) in [5, 5.41) is 3.38. The van der Waals surface area contributed by atoms with Gasteiger partial charge in [-0.05, 0) is 31.0 Å². The Hall–Kier alpha value is -1.03. The molecule has 0 atom stereocenters. The second kappa shape index (κ2) is 7.53. The monoisotopic (exact) mass is 327 g/mol. The van der Waals surface area contributed by atoms with E-state index in [1.54, 1.807) is 0 Å². The maximum Gasteiger partial charge on any atom is 0.331 e. The molecule has 1 N–H and O–H groups in total. The van der Waals surface area contributed by atoms with Crippen molar-refractivity contribution in [1.29, 1.82) is 0 Å². The fourth-order valence-electron chi connectivity index (χ4n) is 2.40. The lowest BCUT2D eigenvalue weighted by Gasteiger charge is -2.32. The number of carbonyl (C=O) groups excluding carboxylic acids is 1. The van der Waals surface area contributed by atoms with Gasteiger partial charge in [0.05, 0.1) is 7.11 Å². The zero-order chi connectivity index (χ0) is 14.3. The highest BCUT2D eigenvalue weighted by molar-refractivity contribution is 9.10. The van der Waals surface area contributed by atoms with E-state index in [1.807, 2.05) is 24.3 Å². The van der Waals surface area contributed by atoms with Gasteiger partial charge in [0.25, 0.3) is 0 Å². The van der Waals surface area contributed by atoms with Crippen molar-refractivity contribution in [3.8, 4) is 0 Å². The Balaban J connectivity index is 3.04. The van der Waals surface area contributed by atoms with Crippen molar-refractivity contribution >= 4 is 27.6 Å². The Morgan fingerprint density at radius 1 is 1.32 bits per heavy atom. The minimum atomic E-state index is -0.626. The summed E-state index contributed by atoms with van der Waals surface area (Å²) in [6, 6.07) is 7.85. The smallest absolute Gasteiger partial charge is 0.331 e. The van der Waals surface area contributed by atoms with Crippen LogP contribution in [0.25, 0.3) is 0 Å². The summed E-state index contributed by atoms with van der Waals surface area (Å²) in [4.78, 5) is 12.2. The molecule has 0 aliphatic heterocycles. The van der Waals surface area contributed by atoms with Crippen LogP contribution in [0.15, 0.2) is 28.7 Å². The van der Waals surface area contributed by atoms with Crippen LogP contribution in [-0.2, 0) is 9.53 Å². The second-order valence-electron chi connectivity index (χ2n) is 4.71. The molecule has 1 aromatic rings. The van der Waals surface area contributed by atoms with E-state index in [9.17, 15) is 4.79 Å². The number of methoxy groups -OCH3 is 1. The van der Waals surface area contributed by atoms with Gasteiger partial charge < -0.3 is 10.1 Å². The van der Waals surface area contributed by atoms with Gasteiger partial charge in [0.2, 0.25) is 0 Å². The lowest BCUT2D eigenvalue weighted by atomic mass is 9.88. The van der Waals surface area contributed by atoms with Gasteiger partial charge in [-0.25, -0.2) is 4.79 Å². The van der Waals surface area contributed by atoms with E-state index in [0.29, 0.717) is 0 Å². The molecule has 106 valence electrons. The maximum absolute atomic E-state index is 12.2. The lowest BCUT2D eigenvalue weighted by molar-refractivity contribution is -0.146. The van der Waals surface area contributed by atoms with E-state index in [4.69, 9.17) is 4.74 Å². The van der Waals surface area contributed by atoms with Crippen LogP contribution in [0.2, 0.25) is 0 Å². The first-order chi connectivity index (χ1) is 9.07. The fraction of sp³-hybridized carbons (Fsp3) is 0.533. The van der Waals surface area contributed by atoms with E-state index in [-0.39, 0.29) is 5.97 Å². The van der Waals surface area contributed by atoms with Crippen molar-refractivity contribution in [2.75, 3.05) is 12.4 Å². The Morgan fingerprint density at radius 3 is 2.42 bits per heavy atom. The zero-order valence-corrected chi connectivity index (χ0v) is 13.4. The molecule has 0 heterocycles. The largest absolute Gasteiger partial charge is 0.467 e. The molecule has 0 radical (unpaired) electrons. The zero-order valence-electron chi connectivity index (χ0n) is 11.8. The van der Waals surface area contributed by atoms with E-state index in [1.165, 1.54) is 7.11 Å². The van der Waals surface area contributed by atoms with Gasteiger partial charge in [-0.2, -0.15) is 0 Å². The molecule has 0 aromatic heterocycles. The van der Waals surface area contributed by atoms with Gasteiger partial charge in [-0.1, -0.05) is 48.7 Å². The van der Waals surface area contributed by atoms with E-state index in [0.717, 1.165) is 35.8 Å². The molecule has 1 rings (SSSR count). The van der Waals surface area contributed by atoms with Gasteiger partial charge in [0, 0.05) is 10.2 Å². The van der Waals surface area contributed by atoms with Crippen molar-refractivity contribution in [2.45, 2.75) is 45.1 Å². The molecule has 0 unspecified atom stereocenters. The number of carbonyl (C=O) groups is 1. The molecule has 0 saturated heterocycles. The Kier molecular flexibility index (Phi) is 6.35. The van der Waals surface area contributed by atoms with Crippen LogP contribution >= 0.6 is 15.9 Å². The van der Waals surface area contributed by atoms with Crippen LogP contribution in [0.5, 0.6) is 0 Å². The SMILES string of the molecule is CCCC(CCC)(Nc1cccc(Br)c1)C(=O)OC. The summed E-state index contributed by atoms with van der Waals surface area (Å²) in [5.74, 6) is -0.184. The lowest BCUT2D eigenvalue weighted by Crippen LogP contribution is -2.47. The number of hydrogen-bond donors (Lipinski definition) is 1. The summed E-state index contributed by atoms with van der Waals surface area (Å²) in [6.07, 6.45) is 3.38. The molecule has 0 amide bonds. The van der Waals surface area contributed by atoms with Crippen LogP contribution < -0.4 is 5.32 Å². The van der Waals surface area contributed by atoms with Crippen molar-refractivity contribution < 1.29 is 9.53 Å². The van der Waals surface area contributed by atoms with Crippen LogP contribution in [0.1, 0.15) is 39.5 Å². The second-order valence-corrected chi connectivity index (χ2v) is 5.62. The van der Waals surface area contributed by atoms with Gasteiger partial charge in [-0.15, -0.1) is 0 Å². The molecule has 19 heavy (non-hydrogen) atoms. The Morgan fingerprint density at radius 2 is 1.95 bits per heavy atom. The Bertz CT molecular complexity index is 414. The van der Waals surface area contributed by atoms with Crippen LogP contribution in [0.4, 0.5) is 5.69 Å². The minimum absolute atomic E-state index is 0.184. The standard InChI is InChI=1S/C15H22BrNO2/c1-4-9-15(10-5-2,14(18)19-3)17-13-8-6-7-12(16)11-13/h6-8,11,17H,4-5,9-10H2,1-3H3. The molecule has 4 heteroatoms. The normalized spacial score (nSPS) is 11.2. The number of esters is 1. The third-order valence-corrected chi connectivity index (χ3v) is 3.63. The number of halogens is 1. The predicted molar refractivity (Wildman–Crippen MR) is 82.3 cm³/mol. The molecule has 0 aliphatic carbocycles. The number of anilines is 1. The van der Waals surface area contributed by atoms with E-state index >= 15 is 0 Å². The maximum atomic E-state index is 12.2. The van der Waals surface area contributed by atoms with E-state index < -0.39 is 5.54 Å². The highest BCUT2D eigenvalue weighted by Gasteiger charge is 2.37. The highest BCUT2D eigenvalue weighted by Crippen LogP contribution is 2.28. The summed E-state index contributed by atoms with van der Waals surface area (Å²) in [6.45, 7) is 4.16. The third-order valence-electron chi connectivity index (χ3n) is 3.14. The first kappa shape index (κ1) is 16.0. The highest BCUT2D eigenvalue weighted by atomic mass is 79.9. The molecule has 3 nitrogen and oxygen atoms in total. The summed E-state index contributed by atoms with van der Waals surface area (Å²) >= 11 is 3.45. The van der Waals surface area contributed by atoms with Crippen molar-refractivity contribution in [3.63, 3.8) is 0 Å². The molecule has 0 aliphatic rings. The number of nitrogens with one attached hydrogen (secondary N) is 1. The Labute approximate surface area is 123 Å². The number of ether oxygens (including phenoxy) is 1. The van der Waals surface area contributed by atoms with Crippen LogP contribution in [-0.4, -0.2) is 18.6 Å². The van der Waals surface area contributed by atoms with E-state index in [2.05, 4.69) is 35.1 Å². The summed E-state index contributed by atoms with van der Waals surface area (Å²) < 4.78 is 6.00. The number of rotatable bonds is 7. The topological polar surface area (TPSA) is 38.3 Å². The van der Waals surface area contributed by atoms with Crippen molar-refractivity contribution in [2.24, 2.45) is 0 Å². The first-order valence-electron chi connectivity index (χ1n) is 6.70. The van der Waals surface area contributed by atoms with Crippen LogP contribution in [0, 0.1) is 0 Å². The molecule has 1 aromatic carbocycles. The van der Waals surface area contributed by atoms with Gasteiger partial charge >= 0.3 is 5.97 Å². The molecule has 0 saturated carbocycles. The average Bonchev–Trinajstić information content (AvgIpc) is 2.38. The van der Waals surface area contributed by atoms with Gasteiger partial charge in [-0.3, -0.25) is 0 Å². The fourth-order valence-corrected chi connectivity index (χ4v) is 2.80. The number of hydrogen-bond acceptors (Lipinski definition) is 3. The average molecular weight is 328 g/mol. The quantitative estimate of drug-likeness (QED) is 0.755.